The second-order valence-electron chi connectivity index (χ2n) is 2.24. The highest BCUT2D eigenvalue weighted by Gasteiger charge is 1.99. The SMILES string of the molecule is C=Cc1c(C)cnn1C=NC.CC. The number of hydrogen-bond acceptors (Lipinski definition) is 2. The summed E-state index contributed by atoms with van der Waals surface area (Å²) in [6, 6.07) is 0. The fraction of sp³-hybridized carbons (Fsp3) is 0.400. The van der Waals surface area contributed by atoms with Gasteiger partial charge < -0.3 is 0 Å². The molecule has 1 aromatic heterocycles. The minimum Gasteiger partial charge on any atom is -0.277 e. The zero-order valence-electron chi connectivity index (χ0n) is 8.78. The van der Waals surface area contributed by atoms with Crippen LogP contribution in [0, 0.1) is 6.92 Å². The number of hydrogen-bond donors (Lipinski definition) is 0. The Morgan fingerprint density at radius 3 is 2.62 bits per heavy atom. The maximum atomic E-state index is 4.07. The molecule has 0 N–H and O–H groups in total. The van der Waals surface area contributed by atoms with Gasteiger partial charge in [0.15, 0.2) is 0 Å². The van der Waals surface area contributed by atoms with E-state index in [0.29, 0.717) is 0 Å². The van der Waals surface area contributed by atoms with Crippen molar-refractivity contribution in [1.82, 2.24) is 9.78 Å². The van der Waals surface area contributed by atoms with E-state index in [0.717, 1.165) is 11.3 Å². The molecule has 0 aromatic carbocycles. The molecule has 0 bridgehead atoms. The Bertz CT molecular complexity index is 284. The van der Waals surface area contributed by atoms with Gasteiger partial charge in [-0.3, -0.25) is 4.99 Å². The van der Waals surface area contributed by atoms with Crippen LogP contribution in [0.1, 0.15) is 25.1 Å². The largest absolute Gasteiger partial charge is 0.277 e. The summed E-state index contributed by atoms with van der Waals surface area (Å²) in [6.45, 7) is 9.67. The third-order valence-electron chi connectivity index (χ3n) is 1.44. The molecule has 3 heteroatoms. The van der Waals surface area contributed by atoms with Crippen molar-refractivity contribution in [3.05, 3.63) is 24.0 Å². The summed E-state index contributed by atoms with van der Waals surface area (Å²) < 4.78 is 1.70. The van der Waals surface area contributed by atoms with Gasteiger partial charge in [0, 0.05) is 7.05 Å². The maximum Gasteiger partial charge on any atom is 0.111 e. The van der Waals surface area contributed by atoms with Crippen molar-refractivity contribution in [2.45, 2.75) is 20.8 Å². The predicted octanol–water partition coefficient (Wildman–Crippen LogP) is 2.37. The molecular formula is C10H17N3. The second kappa shape index (κ2) is 6.17. The van der Waals surface area contributed by atoms with Crippen molar-refractivity contribution in [2.24, 2.45) is 4.99 Å². The first kappa shape index (κ1) is 11.6. The van der Waals surface area contributed by atoms with Crippen LogP contribution in [0.2, 0.25) is 0 Å². The fourth-order valence-electron chi connectivity index (χ4n) is 0.914. The van der Waals surface area contributed by atoms with Gasteiger partial charge >= 0.3 is 0 Å². The van der Waals surface area contributed by atoms with Crippen LogP contribution in [0.25, 0.3) is 6.08 Å². The number of aromatic nitrogens is 2. The summed E-state index contributed by atoms with van der Waals surface area (Å²) in [4.78, 5) is 3.86. The van der Waals surface area contributed by atoms with E-state index in [4.69, 9.17) is 0 Å². The molecule has 0 aliphatic carbocycles. The van der Waals surface area contributed by atoms with Gasteiger partial charge in [-0.05, 0) is 18.6 Å². The Balaban J connectivity index is 0.000000671. The predicted molar refractivity (Wildman–Crippen MR) is 58.2 cm³/mol. The third kappa shape index (κ3) is 2.86. The number of rotatable bonds is 2. The Kier molecular flexibility index (Phi) is 5.52. The maximum absolute atomic E-state index is 4.07. The van der Waals surface area contributed by atoms with Crippen LogP contribution < -0.4 is 0 Å². The van der Waals surface area contributed by atoms with Gasteiger partial charge in [-0.1, -0.05) is 20.4 Å². The van der Waals surface area contributed by atoms with Gasteiger partial charge in [0.25, 0.3) is 0 Å². The average molecular weight is 179 g/mol. The van der Waals surface area contributed by atoms with Gasteiger partial charge in [0.1, 0.15) is 6.34 Å². The van der Waals surface area contributed by atoms with Gasteiger partial charge in [-0.2, -0.15) is 5.10 Å². The van der Waals surface area contributed by atoms with E-state index in [2.05, 4.69) is 16.7 Å². The average Bonchev–Trinajstić information content (AvgIpc) is 2.51. The zero-order valence-corrected chi connectivity index (χ0v) is 8.78. The third-order valence-corrected chi connectivity index (χ3v) is 1.44. The normalized spacial score (nSPS) is 9.54. The first-order valence-corrected chi connectivity index (χ1v) is 4.38. The van der Waals surface area contributed by atoms with Crippen LogP contribution in [0.3, 0.4) is 0 Å². The van der Waals surface area contributed by atoms with Crippen LogP contribution in [0.4, 0.5) is 0 Å². The summed E-state index contributed by atoms with van der Waals surface area (Å²) in [7, 11) is 1.71. The van der Waals surface area contributed by atoms with E-state index in [1.807, 2.05) is 20.8 Å². The standard InChI is InChI=1S/C8H11N3.C2H6/c1-4-8-7(2)5-10-11(8)6-9-3;1-2/h4-6H,1H2,2-3H3;1-2H3. The van der Waals surface area contributed by atoms with E-state index >= 15 is 0 Å². The van der Waals surface area contributed by atoms with Crippen LogP contribution >= 0.6 is 0 Å². The molecule has 0 fully saturated rings. The van der Waals surface area contributed by atoms with Crippen molar-refractivity contribution in [1.29, 1.82) is 0 Å². The van der Waals surface area contributed by atoms with E-state index < -0.39 is 0 Å². The molecule has 0 spiro atoms. The molecule has 1 heterocycles. The molecule has 1 rings (SSSR count). The van der Waals surface area contributed by atoms with Crippen LogP contribution in [-0.2, 0) is 0 Å². The number of aliphatic imine (C=N–C) groups is 1. The molecule has 0 saturated carbocycles. The molecule has 1 aromatic rings. The van der Waals surface area contributed by atoms with Gasteiger partial charge in [0.2, 0.25) is 0 Å². The first-order valence-electron chi connectivity index (χ1n) is 4.38. The van der Waals surface area contributed by atoms with E-state index in [9.17, 15) is 0 Å². The highest BCUT2D eigenvalue weighted by Crippen LogP contribution is 2.05. The highest BCUT2D eigenvalue weighted by molar-refractivity contribution is 5.63. The molecule has 0 atom stereocenters. The molecule has 0 aliphatic rings. The van der Waals surface area contributed by atoms with E-state index in [1.165, 1.54) is 0 Å². The Morgan fingerprint density at radius 2 is 2.15 bits per heavy atom. The molecule has 3 nitrogen and oxygen atoms in total. The molecule has 0 saturated heterocycles. The van der Waals surface area contributed by atoms with Crippen molar-refractivity contribution >= 4 is 12.4 Å². The minimum absolute atomic E-state index is 0.996. The smallest absolute Gasteiger partial charge is 0.111 e. The number of aryl methyl sites for hydroxylation is 1. The molecule has 0 unspecified atom stereocenters. The lowest BCUT2D eigenvalue weighted by atomic mass is 10.3. The Labute approximate surface area is 79.8 Å². The number of nitrogens with zero attached hydrogens (tertiary/aromatic N) is 3. The Hall–Kier alpha value is -1.38. The van der Waals surface area contributed by atoms with Crippen LogP contribution in [-0.4, -0.2) is 23.2 Å². The lowest BCUT2D eigenvalue weighted by molar-refractivity contribution is 0.942. The molecule has 72 valence electrons. The summed E-state index contributed by atoms with van der Waals surface area (Å²) in [5.74, 6) is 0. The van der Waals surface area contributed by atoms with Gasteiger partial charge in [-0.25, -0.2) is 4.68 Å². The summed E-state index contributed by atoms with van der Waals surface area (Å²) in [6.07, 6.45) is 5.22. The molecule has 0 amide bonds. The Morgan fingerprint density at radius 1 is 1.54 bits per heavy atom. The summed E-state index contributed by atoms with van der Waals surface area (Å²) in [5.41, 5.74) is 2.11. The topological polar surface area (TPSA) is 30.2 Å². The van der Waals surface area contributed by atoms with Crippen LogP contribution in [0.15, 0.2) is 17.8 Å². The molecule has 0 radical (unpaired) electrons. The zero-order chi connectivity index (χ0) is 10.3. The van der Waals surface area contributed by atoms with Crippen molar-refractivity contribution in [3.63, 3.8) is 0 Å². The fourth-order valence-corrected chi connectivity index (χ4v) is 0.914. The highest BCUT2D eigenvalue weighted by atomic mass is 15.3. The lowest BCUT2D eigenvalue weighted by Crippen LogP contribution is -1.99. The first-order chi connectivity index (χ1) is 6.29. The minimum atomic E-state index is 0.996. The van der Waals surface area contributed by atoms with Gasteiger partial charge in [0.05, 0.1) is 11.9 Å². The molecule has 13 heavy (non-hydrogen) atoms. The quantitative estimate of drug-likeness (QED) is 0.506. The van der Waals surface area contributed by atoms with E-state index in [1.54, 1.807) is 30.3 Å². The van der Waals surface area contributed by atoms with Crippen molar-refractivity contribution < 1.29 is 0 Å². The van der Waals surface area contributed by atoms with Crippen molar-refractivity contribution in [2.75, 3.05) is 7.05 Å². The summed E-state index contributed by atoms with van der Waals surface area (Å²) in [5, 5.41) is 4.07. The second-order valence-corrected chi connectivity index (χ2v) is 2.24. The monoisotopic (exact) mass is 179 g/mol. The van der Waals surface area contributed by atoms with Gasteiger partial charge in [-0.15, -0.1) is 0 Å². The van der Waals surface area contributed by atoms with Crippen molar-refractivity contribution in [3.8, 4) is 0 Å². The summed E-state index contributed by atoms with van der Waals surface area (Å²) >= 11 is 0. The molecule has 0 aliphatic heterocycles. The van der Waals surface area contributed by atoms with E-state index in [-0.39, 0.29) is 0 Å². The lowest BCUT2D eigenvalue weighted by Gasteiger charge is -1.94. The van der Waals surface area contributed by atoms with Crippen LogP contribution in [0.5, 0.6) is 0 Å². The molecular weight excluding hydrogens is 162 g/mol.